The smallest absolute Gasteiger partial charge is 0.275 e. The molecular formula is C10H6ClFN2OS. The van der Waals surface area contributed by atoms with Crippen molar-refractivity contribution in [2.75, 3.05) is 5.32 Å². The molecule has 2 rings (SSSR count). The molecule has 6 heteroatoms. The fourth-order valence-corrected chi connectivity index (χ4v) is 1.81. The topological polar surface area (TPSA) is 42.0 Å². The summed E-state index contributed by atoms with van der Waals surface area (Å²) in [5.74, 6) is -0.864. The van der Waals surface area contributed by atoms with Crippen LogP contribution in [0.4, 0.5) is 10.1 Å². The molecule has 0 spiro atoms. The summed E-state index contributed by atoms with van der Waals surface area (Å²) < 4.78 is 12.9. The molecule has 1 aromatic heterocycles. The first-order valence-corrected chi connectivity index (χ1v) is 5.63. The summed E-state index contributed by atoms with van der Waals surface area (Å²) in [7, 11) is 0. The number of thiazole rings is 1. The van der Waals surface area contributed by atoms with E-state index >= 15 is 0 Å². The summed E-state index contributed by atoms with van der Waals surface area (Å²) in [5, 5.41) is 4.16. The lowest BCUT2D eigenvalue weighted by molar-refractivity contribution is 0.102. The molecule has 1 amide bonds. The maximum absolute atomic E-state index is 12.9. The van der Waals surface area contributed by atoms with Gasteiger partial charge in [-0.3, -0.25) is 4.79 Å². The lowest BCUT2D eigenvalue weighted by atomic mass is 10.3. The molecule has 0 saturated carbocycles. The van der Waals surface area contributed by atoms with Crippen LogP contribution in [0, 0.1) is 5.82 Å². The minimum atomic E-state index is -0.520. The average molecular weight is 257 g/mol. The lowest BCUT2D eigenvalue weighted by Gasteiger charge is -2.03. The van der Waals surface area contributed by atoms with Gasteiger partial charge in [0, 0.05) is 11.1 Å². The zero-order chi connectivity index (χ0) is 11.5. The zero-order valence-corrected chi connectivity index (χ0v) is 9.48. The van der Waals surface area contributed by atoms with Gasteiger partial charge in [0.15, 0.2) is 0 Å². The quantitative estimate of drug-likeness (QED) is 0.897. The fraction of sp³-hybridized carbons (Fsp3) is 0. The number of amides is 1. The lowest BCUT2D eigenvalue weighted by Crippen LogP contribution is -2.12. The van der Waals surface area contributed by atoms with Crippen LogP contribution in [-0.2, 0) is 0 Å². The molecule has 1 aromatic carbocycles. The molecule has 0 aliphatic carbocycles. The predicted octanol–water partition coefficient (Wildman–Crippen LogP) is 3.19. The van der Waals surface area contributed by atoms with Crippen molar-refractivity contribution in [3.05, 3.63) is 45.6 Å². The van der Waals surface area contributed by atoms with Crippen molar-refractivity contribution in [3.8, 4) is 0 Å². The third-order valence-corrected chi connectivity index (χ3v) is 2.72. The van der Waals surface area contributed by atoms with E-state index in [4.69, 9.17) is 11.6 Å². The van der Waals surface area contributed by atoms with Crippen molar-refractivity contribution in [2.45, 2.75) is 0 Å². The summed E-state index contributed by atoms with van der Waals surface area (Å²) >= 11 is 6.91. The minimum Gasteiger partial charge on any atom is -0.321 e. The third kappa shape index (κ3) is 2.37. The van der Waals surface area contributed by atoms with Gasteiger partial charge in [-0.05, 0) is 18.2 Å². The number of nitrogens with one attached hydrogen (secondary N) is 1. The van der Waals surface area contributed by atoms with Crippen molar-refractivity contribution in [1.29, 1.82) is 0 Å². The van der Waals surface area contributed by atoms with Gasteiger partial charge in [0.1, 0.15) is 11.5 Å². The van der Waals surface area contributed by atoms with Gasteiger partial charge in [-0.1, -0.05) is 11.6 Å². The second-order valence-electron chi connectivity index (χ2n) is 2.96. The van der Waals surface area contributed by atoms with Gasteiger partial charge in [-0.15, -0.1) is 11.3 Å². The van der Waals surface area contributed by atoms with E-state index in [-0.39, 0.29) is 10.9 Å². The van der Waals surface area contributed by atoms with E-state index in [0.29, 0.717) is 11.4 Å². The number of carbonyl (C=O) groups excluding carboxylic acids is 1. The highest BCUT2D eigenvalue weighted by atomic mass is 35.5. The van der Waals surface area contributed by atoms with Crippen LogP contribution in [0.5, 0.6) is 0 Å². The Hall–Kier alpha value is -1.46. The minimum absolute atomic E-state index is 0.0314. The van der Waals surface area contributed by atoms with E-state index in [0.717, 1.165) is 0 Å². The van der Waals surface area contributed by atoms with E-state index < -0.39 is 5.82 Å². The van der Waals surface area contributed by atoms with E-state index in [1.165, 1.54) is 29.5 Å². The molecule has 0 saturated heterocycles. The molecule has 0 bridgehead atoms. The Bertz CT molecular complexity index is 516. The average Bonchev–Trinajstić information content (AvgIpc) is 2.77. The summed E-state index contributed by atoms with van der Waals surface area (Å²) in [6.07, 6.45) is 0. The second kappa shape index (κ2) is 4.59. The Labute approximate surface area is 99.9 Å². The Morgan fingerprint density at radius 3 is 2.94 bits per heavy atom. The monoisotopic (exact) mass is 256 g/mol. The molecule has 2 aromatic rings. The first-order valence-electron chi connectivity index (χ1n) is 4.31. The molecular weight excluding hydrogens is 251 g/mol. The van der Waals surface area contributed by atoms with Crippen molar-refractivity contribution in [2.24, 2.45) is 0 Å². The maximum atomic E-state index is 12.9. The molecule has 1 heterocycles. The van der Waals surface area contributed by atoms with E-state index in [9.17, 15) is 9.18 Å². The molecule has 0 radical (unpaired) electrons. The van der Waals surface area contributed by atoms with Crippen molar-refractivity contribution in [3.63, 3.8) is 0 Å². The fourth-order valence-electron chi connectivity index (χ4n) is 1.09. The number of benzene rings is 1. The van der Waals surface area contributed by atoms with Gasteiger partial charge in [0.2, 0.25) is 0 Å². The normalized spacial score (nSPS) is 10.1. The number of hydrogen-bond acceptors (Lipinski definition) is 3. The van der Waals surface area contributed by atoms with Crippen molar-refractivity contribution < 1.29 is 9.18 Å². The molecule has 16 heavy (non-hydrogen) atoms. The van der Waals surface area contributed by atoms with Crippen LogP contribution in [0.3, 0.4) is 0 Å². The number of anilines is 1. The second-order valence-corrected chi connectivity index (χ2v) is 4.08. The molecule has 0 aliphatic rings. The van der Waals surface area contributed by atoms with Crippen LogP contribution in [-0.4, -0.2) is 10.9 Å². The molecule has 0 unspecified atom stereocenters. The van der Waals surface area contributed by atoms with Crippen LogP contribution in [0.25, 0.3) is 0 Å². The first kappa shape index (κ1) is 11.0. The Morgan fingerprint density at radius 2 is 2.31 bits per heavy atom. The van der Waals surface area contributed by atoms with E-state index in [1.54, 1.807) is 10.9 Å². The van der Waals surface area contributed by atoms with Gasteiger partial charge in [-0.25, -0.2) is 9.37 Å². The summed E-state index contributed by atoms with van der Waals surface area (Å²) in [4.78, 5) is 15.4. The number of rotatable bonds is 2. The van der Waals surface area contributed by atoms with Gasteiger partial charge in [0.05, 0.1) is 10.5 Å². The number of aromatic nitrogens is 1. The molecule has 3 nitrogen and oxygen atoms in total. The Balaban J connectivity index is 2.15. The van der Waals surface area contributed by atoms with Gasteiger partial charge in [0.25, 0.3) is 5.91 Å². The van der Waals surface area contributed by atoms with E-state index in [2.05, 4.69) is 10.3 Å². The largest absolute Gasteiger partial charge is 0.321 e. The van der Waals surface area contributed by atoms with Crippen molar-refractivity contribution >= 4 is 34.5 Å². The SMILES string of the molecule is O=C(Nc1ccc(F)c(Cl)c1)c1cscn1. The third-order valence-electron chi connectivity index (χ3n) is 1.84. The molecule has 0 aliphatic heterocycles. The predicted molar refractivity (Wildman–Crippen MR) is 61.5 cm³/mol. The molecule has 0 atom stereocenters. The number of hydrogen-bond donors (Lipinski definition) is 1. The number of carbonyl (C=O) groups is 1. The van der Waals surface area contributed by atoms with Gasteiger partial charge in [-0.2, -0.15) is 0 Å². The highest BCUT2D eigenvalue weighted by Crippen LogP contribution is 2.19. The van der Waals surface area contributed by atoms with Crippen LogP contribution in [0.1, 0.15) is 10.5 Å². The highest BCUT2D eigenvalue weighted by Gasteiger charge is 2.08. The highest BCUT2D eigenvalue weighted by molar-refractivity contribution is 7.07. The van der Waals surface area contributed by atoms with Crippen LogP contribution >= 0.6 is 22.9 Å². The van der Waals surface area contributed by atoms with Gasteiger partial charge >= 0.3 is 0 Å². The van der Waals surface area contributed by atoms with Crippen LogP contribution < -0.4 is 5.32 Å². The van der Waals surface area contributed by atoms with Crippen LogP contribution in [0.2, 0.25) is 5.02 Å². The van der Waals surface area contributed by atoms with Crippen LogP contribution in [0.15, 0.2) is 29.1 Å². The van der Waals surface area contributed by atoms with E-state index in [1.807, 2.05) is 0 Å². The zero-order valence-electron chi connectivity index (χ0n) is 7.91. The first-order chi connectivity index (χ1) is 7.66. The number of halogens is 2. The summed E-state index contributed by atoms with van der Waals surface area (Å²) in [5.41, 5.74) is 2.32. The number of nitrogens with zero attached hydrogens (tertiary/aromatic N) is 1. The molecule has 1 N–H and O–H groups in total. The van der Waals surface area contributed by atoms with Crippen molar-refractivity contribution in [1.82, 2.24) is 4.98 Å². The Morgan fingerprint density at radius 1 is 1.50 bits per heavy atom. The maximum Gasteiger partial charge on any atom is 0.275 e. The molecule has 0 fully saturated rings. The van der Waals surface area contributed by atoms with Gasteiger partial charge < -0.3 is 5.32 Å². The summed E-state index contributed by atoms with van der Waals surface area (Å²) in [6.45, 7) is 0. The standard InChI is InChI=1S/C10H6ClFN2OS/c11-7-3-6(1-2-8(7)12)14-10(15)9-4-16-5-13-9/h1-5H,(H,14,15). The summed E-state index contributed by atoms with van der Waals surface area (Å²) in [6, 6.07) is 3.98. The Kier molecular flexibility index (Phi) is 3.17. The molecule has 82 valence electrons.